The maximum Gasteiger partial charge on any atom is 0.189 e. The maximum absolute atomic E-state index is 12.9. The lowest BCUT2D eigenvalue weighted by Gasteiger charge is -2.12. The van der Waals surface area contributed by atoms with Gasteiger partial charge in [-0.1, -0.05) is 12.8 Å². The molecule has 0 radical (unpaired) electrons. The molecule has 2 aromatic rings. The first-order valence-electron chi connectivity index (χ1n) is 7.66. The first kappa shape index (κ1) is 16.2. The SMILES string of the molecule is Cc1csc(C(C#N)C(=O)c2cccnc2SC2CCCC2)n1. The molecule has 1 aliphatic carbocycles. The largest absolute Gasteiger partial charge is 0.292 e. The minimum Gasteiger partial charge on any atom is -0.292 e. The number of carbonyl (C=O) groups is 1. The molecule has 6 heteroatoms. The third kappa shape index (κ3) is 3.62. The highest BCUT2D eigenvalue weighted by molar-refractivity contribution is 7.99. The Morgan fingerprint density at radius 3 is 2.91 bits per heavy atom. The van der Waals surface area contributed by atoms with E-state index >= 15 is 0 Å². The summed E-state index contributed by atoms with van der Waals surface area (Å²) in [7, 11) is 0. The molecule has 2 aromatic heterocycles. The zero-order valence-corrected chi connectivity index (χ0v) is 14.5. The lowest BCUT2D eigenvalue weighted by Crippen LogP contribution is -2.13. The van der Waals surface area contributed by atoms with E-state index in [0.29, 0.717) is 15.8 Å². The highest BCUT2D eigenvalue weighted by Crippen LogP contribution is 2.36. The Labute approximate surface area is 144 Å². The number of aromatic nitrogens is 2. The molecular weight excluding hydrogens is 326 g/mol. The highest BCUT2D eigenvalue weighted by atomic mass is 32.2. The van der Waals surface area contributed by atoms with Crippen LogP contribution in [0.3, 0.4) is 0 Å². The number of nitriles is 1. The van der Waals surface area contributed by atoms with Gasteiger partial charge in [0, 0.05) is 22.5 Å². The molecule has 0 bridgehead atoms. The Balaban J connectivity index is 1.87. The van der Waals surface area contributed by atoms with Gasteiger partial charge in [0.25, 0.3) is 0 Å². The van der Waals surface area contributed by atoms with Gasteiger partial charge >= 0.3 is 0 Å². The summed E-state index contributed by atoms with van der Waals surface area (Å²) in [4.78, 5) is 21.6. The van der Waals surface area contributed by atoms with Crippen molar-refractivity contribution in [3.63, 3.8) is 0 Å². The molecule has 118 valence electrons. The van der Waals surface area contributed by atoms with E-state index in [1.807, 2.05) is 12.3 Å². The Hall–Kier alpha value is -1.71. The number of ketones is 1. The molecule has 1 fully saturated rings. The first-order chi connectivity index (χ1) is 11.2. The van der Waals surface area contributed by atoms with Crippen molar-refractivity contribution in [1.82, 2.24) is 9.97 Å². The number of aryl methyl sites for hydroxylation is 1. The quantitative estimate of drug-likeness (QED) is 0.754. The van der Waals surface area contributed by atoms with Crippen LogP contribution in [0.1, 0.15) is 52.7 Å². The maximum atomic E-state index is 12.9. The van der Waals surface area contributed by atoms with E-state index in [1.165, 1.54) is 37.0 Å². The van der Waals surface area contributed by atoms with Crippen LogP contribution >= 0.6 is 23.1 Å². The van der Waals surface area contributed by atoms with Crippen LogP contribution in [0.15, 0.2) is 28.7 Å². The second-order valence-electron chi connectivity index (χ2n) is 5.63. The number of nitrogens with zero attached hydrogens (tertiary/aromatic N) is 3. The number of thioether (sulfide) groups is 1. The summed E-state index contributed by atoms with van der Waals surface area (Å²) in [5.41, 5.74) is 1.38. The van der Waals surface area contributed by atoms with Crippen LogP contribution in [0.5, 0.6) is 0 Å². The minimum atomic E-state index is -0.846. The zero-order valence-electron chi connectivity index (χ0n) is 12.9. The Kier molecular flexibility index (Phi) is 5.09. The van der Waals surface area contributed by atoms with E-state index < -0.39 is 5.92 Å². The molecule has 0 spiro atoms. The van der Waals surface area contributed by atoms with Gasteiger partial charge in [-0.25, -0.2) is 9.97 Å². The van der Waals surface area contributed by atoms with Crippen molar-refractivity contribution in [2.75, 3.05) is 0 Å². The molecule has 0 N–H and O–H groups in total. The standard InChI is InChI=1S/C17H17N3OS2/c1-11-10-22-17(20-11)14(9-18)15(21)13-7-4-8-19-16(13)23-12-5-2-3-6-12/h4,7-8,10,12,14H,2-3,5-6H2,1H3. The van der Waals surface area contributed by atoms with Gasteiger partial charge in [0.15, 0.2) is 11.7 Å². The van der Waals surface area contributed by atoms with Gasteiger partial charge < -0.3 is 0 Å². The van der Waals surface area contributed by atoms with Crippen molar-refractivity contribution in [1.29, 1.82) is 5.26 Å². The molecule has 0 amide bonds. The smallest absolute Gasteiger partial charge is 0.189 e. The zero-order chi connectivity index (χ0) is 16.2. The van der Waals surface area contributed by atoms with Gasteiger partial charge in [0.1, 0.15) is 10.0 Å². The van der Waals surface area contributed by atoms with E-state index in [0.717, 1.165) is 10.7 Å². The number of Topliss-reactive ketones (excluding diaryl/α,β-unsaturated/α-hetero) is 1. The van der Waals surface area contributed by atoms with Gasteiger partial charge in [-0.05, 0) is 31.9 Å². The molecule has 23 heavy (non-hydrogen) atoms. The normalized spacial score (nSPS) is 16.2. The Morgan fingerprint density at radius 1 is 1.48 bits per heavy atom. The van der Waals surface area contributed by atoms with Crippen LogP contribution < -0.4 is 0 Å². The van der Waals surface area contributed by atoms with Crippen molar-refractivity contribution in [3.05, 3.63) is 40.0 Å². The monoisotopic (exact) mass is 343 g/mol. The fourth-order valence-electron chi connectivity index (χ4n) is 2.72. The topological polar surface area (TPSA) is 66.6 Å². The third-order valence-corrected chi connectivity index (χ3v) is 6.27. The number of carbonyl (C=O) groups excluding carboxylic acids is 1. The predicted molar refractivity (Wildman–Crippen MR) is 91.9 cm³/mol. The van der Waals surface area contributed by atoms with E-state index in [1.54, 1.807) is 30.1 Å². The van der Waals surface area contributed by atoms with Gasteiger partial charge in [0.2, 0.25) is 0 Å². The number of pyridine rings is 1. The molecule has 4 nitrogen and oxygen atoms in total. The molecule has 0 aliphatic heterocycles. The second-order valence-corrected chi connectivity index (χ2v) is 7.81. The lowest BCUT2D eigenvalue weighted by molar-refractivity contribution is 0.0975. The third-order valence-electron chi connectivity index (χ3n) is 3.89. The summed E-state index contributed by atoms with van der Waals surface area (Å²) in [6.45, 7) is 1.87. The summed E-state index contributed by atoms with van der Waals surface area (Å²) >= 11 is 3.04. The molecular formula is C17H17N3OS2. The molecule has 0 aromatic carbocycles. The van der Waals surface area contributed by atoms with Crippen molar-refractivity contribution in [2.45, 2.75) is 48.8 Å². The number of hydrogen-bond donors (Lipinski definition) is 0. The van der Waals surface area contributed by atoms with Crippen molar-refractivity contribution >= 4 is 28.9 Å². The summed E-state index contributed by atoms with van der Waals surface area (Å²) in [6.07, 6.45) is 6.54. The van der Waals surface area contributed by atoms with Crippen molar-refractivity contribution < 1.29 is 4.79 Å². The summed E-state index contributed by atoms with van der Waals surface area (Å²) in [5.74, 6) is -1.05. The Bertz CT molecular complexity index is 744. The summed E-state index contributed by atoms with van der Waals surface area (Å²) in [6, 6.07) is 5.64. The van der Waals surface area contributed by atoms with Gasteiger partial charge in [-0.3, -0.25) is 4.79 Å². The summed E-state index contributed by atoms with van der Waals surface area (Å²) < 4.78 is 0. The minimum absolute atomic E-state index is 0.199. The van der Waals surface area contributed by atoms with Crippen LogP contribution in [0.4, 0.5) is 0 Å². The average Bonchev–Trinajstić information content (AvgIpc) is 3.20. The second kappa shape index (κ2) is 7.24. The molecule has 1 atom stereocenters. The van der Waals surface area contributed by atoms with E-state index in [9.17, 15) is 10.1 Å². The average molecular weight is 343 g/mol. The fraction of sp³-hybridized carbons (Fsp3) is 0.412. The first-order valence-corrected chi connectivity index (χ1v) is 9.42. The predicted octanol–water partition coefficient (Wildman–Crippen LogP) is 4.37. The van der Waals surface area contributed by atoms with Crippen molar-refractivity contribution in [3.8, 4) is 6.07 Å². The van der Waals surface area contributed by atoms with Gasteiger partial charge in [-0.2, -0.15) is 5.26 Å². The summed E-state index contributed by atoms with van der Waals surface area (Å²) in [5, 5.41) is 13.2. The van der Waals surface area contributed by atoms with Gasteiger partial charge in [-0.15, -0.1) is 23.1 Å². The Morgan fingerprint density at radius 2 is 2.26 bits per heavy atom. The van der Waals surface area contributed by atoms with Crippen molar-refractivity contribution in [2.24, 2.45) is 0 Å². The lowest BCUT2D eigenvalue weighted by atomic mass is 10.0. The number of thiazole rings is 1. The fourth-order valence-corrected chi connectivity index (χ4v) is 4.86. The van der Waals surface area contributed by atoms with Crippen LogP contribution in [-0.2, 0) is 0 Å². The van der Waals surface area contributed by atoms with Gasteiger partial charge in [0.05, 0.1) is 11.6 Å². The number of rotatable bonds is 5. The molecule has 1 saturated carbocycles. The van der Waals surface area contributed by atoms with E-state index in [4.69, 9.17) is 0 Å². The number of hydrogen-bond acceptors (Lipinski definition) is 6. The molecule has 2 heterocycles. The molecule has 3 rings (SSSR count). The van der Waals surface area contributed by atoms with Crippen LogP contribution in [0.2, 0.25) is 0 Å². The van der Waals surface area contributed by atoms with E-state index in [-0.39, 0.29) is 5.78 Å². The highest BCUT2D eigenvalue weighted by Gasteiger charge is 2.28. The van der Waals surface area contributed by atoms with Crippen LogP contribution in [0, 0.1) is 18.3 Å². The van der Waals surface area contributed by atoms with Crippen LogP contribution in [-0.4, -0.2) is 21.0 Å². The molecule has 1 unspecified atom stereocenters. The molecule has 0 saturated heterocycles. The van der Waals surface area contributed by atoms with Crippen LogP contribution in [0.25, 0.3) is 0 Å². The molecule has 1 aliphatic rings. The van der Waals surface area contributed by atoms with E-state index in [2.05, 4.69) is 16.0 Å².